The van der Waals surface area contributed by atoms with Crippen LogP contribution in [0.15, 0.2) is 36.7 Å². The minimum absolute atomic E-state index is 0. The van der Waals surface area contributed by atoms with Crippen molar-refractivity contribution >= 4 is 29.9 Å². The van der Waals surface area contributed by atoms with Crippen LogP contribution in [0, 0.1) is 5.92 Å². The third kappa shape index (κ3) is 3.91. The van der Waals surface area contributed by atoms with Crippen molar-refractivity contribution in [3.05, 3.63) is 47.2 Å². The van der Waals surface area contributed by atoms with Crippen molar-refractivity contribution in [2.45, 2.75) is 25.8 Å². The van der Waals surface area contributed by atoms with E-state index in [1.54, 1.807) is 23.1 Å². The molecule has 1 saturated heterocycles. The maximum absolute atomic E-state index is 12.8. The predicted molar refractivity (Wildman–Crippen MR) is 98.1 cm³/mol. The van der Waals surface area contributed by atoms with E-state index in [9.17, 15) is 4.79 Å². The summed E-state index contributed by atoms with van der Waals surface area (Å²) in [6.45, 7) is 3.46. The molecular formula is C17H22Cl2N4O. The first-order valence-electron chi connectivity index (χ1n) is 7.90. The first-order valence-corrected chi connectivity index (χ1v) is 8.28. The summed E-state index contributed by atoms with van der Waals surface area (Å²) in [4.78, 5) is 14.7. The first-order chi connectivity index (χ1) is 11.1. The van der Waals surface area contributed by atoms with E-state index in [1.165, 1.54) is 0 Å². The van der Waals surface area contributed by atoms with Crippen molar-refractivity contribution in [2.75, 3.05) is 13.1 Å². The Balaban J connectivity index is 0.00000208. The average Bonchev–Trinajstić information content (AvgIpc) is 3.04. The normalized spacial score (nSPS) is 20.5. The summed E-state index contributed by atoms with van der Waals surface area (Å²) in [5.41, 5.74) is 7.27. The molecule has 0 bridgehead atoms. The van der Waals surface area contributed by atoms with Crippen molar-refractivity contribution in [3.8, 4) is 5.69 Å². The number of carbonyl (C=O) groups is 1. The van der Waals surface area contributed by atoms with E-state index in [-0.39, 0.29) is 24.4 Å². The highest BCUT2D eigenvalue weighted by Gasteiger charge is 2.30. The monoisotopic (exact) mass is 368 g/mol. The lowest BCUT2D eigenvalue weighted by atomic mass is 9.92. The zero-order valence-corrected chi connectivity index (χ0v) is 15.1. The number of carbonyl (C=O) groups excluding carboxylic acids is 1. The van der Waals surface area contributed by atoms with Crippen molar-refractivity contribution < 1.29 is 4.79 Å². The quantitative estimate of drug-likeness (QED) is 0.904. The van der Waals surface area contributed by atoms with Gasteiger partial charge in [-0.15, -0.1) is 12.4 Å². The van der Waals surface area contributed by atoms with Gasteiger partial charge in [-0.2, -0.15) is 5.10 Å². The SMILES string of the molecule is CC1CCN(C(=O)c2cnn(-c3cccc(Cl)c3)c2)C(CN)C1.Cl. The summed E-state index contributed by atoms with van der Waals surface area (Å²) < 4.78 is 1.67. The van der Waals surface area contributed by atoms with Gasteiger partial charge in [0.15, 0.2) is 0 Å². The summed E-state index contributed by atoms with van der Waals surface area (Å²) in [7, 11) is 0. The first kappa shape index (κ1) is 18.8. The Morgan fingerprint density at radius 1 is 1.46 bits per heavy atom. The summed E-state index contributed by atoms with van der Waals surface area (Å²) in [5, 5.41) is 4.93. The van der Waals surface area contributed by atoms with Crippen molar-refractivity contribution in [2.24, 2.45) is 11.7 Å². The van der Waals surface area contributed by atoms with Gasteiger partial charge < -0.3 is 10.6 Å². The summed E-state index contributed by atoms with van der Waals surface area (Å²) in [5.74, 6) is 0.613. The number of likely N-dealkylation sites (tertiary alicyclic amines) is 1. The summed E-state index contributed by atoms with van der Waals surface area (Å²) in [6, 6.07) is 7.49. The molecule has 0 radical (unpaired) electrons. The largest absolute Gasteiger partial charge is 0.334 e. The maximum atomic E-state index is 12.8. The van der Waals surface area contributed by atoms with Crippen LogP contribution in [0.2, 0.25) is 5.02 Å². The van der Waals surface area contributed by atoms with Crippen LogP contribution in [-0.4, -0.2) is 39.7 Å². The molecule has 5 nitrogen and oxygen atoms in total. The van der Waals surface area contributed by atoms with E-state index >= 15 is 0 Å². The Morgan fingerprint density at radius 2 is 2.25 bits per heavy atom. The molecule has 1 amide bonds. The predicted octanol–water partition coefficient (Wildman–Crippen LogP) is 3.15. The van der Waals surface area contributed by atoms with Gasteiger partial charge in [0.05, 0.1) is 17.4 Å². The van der Waals surface area contributed by atoms with Gasteiger partial charge in [0.25, 0.3) is 5.91 Å². The number of hydrogen-bond donors (Lipinski definition) is 1. The molecule has 2 unspecified atom stereocenters. The van der Waals surface area contributed by atoms with Gasteiger partial charge in [-0.3, -0.25) is 4.79 Å². The molecule has 1 aliphatic rings. The second-order valence-corrected chi connectivity index (χ2v) is 6.61. The Morgan fingerprint density at radius 3 is 2.96 bits per heavy atom. The molecule has 2 N–H and O–H groups in total. The van der Waals surface area contributed by atoms with Gasteiger partial charge in [-0.25, -0.2) is 4.68 Å². The van der Waals surface area contributed by atoms with Crippen LogP contribution < -0.4 is 5.73 Å². The molecule has 7 heteroatoms. The third-order valence-corrected chi connectivity index (χ3v) is 4.65. The van der Waals surface area contributed by atoms with Crippen molar-refractivity contribution in [3.63, 3.8) is 0 Å². The molecule has 0 saturated carbocycles. The fourth-order valence-corrected chi connectivity index (χ4v) is 3.29. The molecule has 1 aliphatic heterocycles. The van der Waals surface area contributed by atoms with E-state index < -0.39 is 0 Å². The number of nitrogens with two attached hydrogens (primary N) is 1. The molecule has 24 heavy (non-hydrogen) atoms. The van der Waals surface area contributed by atoms with Gasteiger partial charge >= 0.3 is 0 Å². The Labute approximate surface area is 153 Å². The highest BCUT2D eigenvalue weighted by molar-refractivity contribution is 6.30. The second-order valence-electron chi connectivity index (χ2n) is 6.17. The number of rotatable bonds is 3. The molecule has 130 valence electrons. The minimum Gasteiger partial charge on any atom is -0.334 e. The number of nitrogens with zero attached hydrogens (tertiary/aromatic N) is 3. The Kier molecular flexibility index (Phi) is 6.27. The zero-order valence-electron chi connectivity index (χ0n) is 13.6. The number of hydrogen-bond acceptors (Lipinski definition) is 3. The molecule has 0 spiro atoms. The molecule has 2 heterocycles. The topological polar surface area (TPSA) is 64.2 Å². The number of piperidine rings is 1. The zero-order chi connectivity index (χ0) is 16.4. The van der Waals surface area contributed by atoms with E-state index in [0.29, 0.717) is 23.0 Å². The summed E-state index contributed by atoms with van der Waals surface area (Å²) in [6.07, 6.45) is 5.34. The van der Waals surface area contributed by atoms with Crippen LogP contribution in [-0.2, 0) is 0 Å². The van der Waals surface area contributed by atoms with Crippen LogP contribution >= 0.6 is 24.0 Å². The van der Waals surface area contributed by atoms with E-state index in [0.717, 1.165) is 25.1 Å². The van der Waals surface area contributed by atoms with Gasteiger partial charge in [-0.05, 0) is 37.0 Å². The van der Waals surface area contributed by atoms with E-state index in [4.69, 9.17) is 17.3 Å². The van der Waals surface area contributed by atoms with Crippen molar-refractivity contribution in [1.29, 1.82) is 0 Å². The molecular weight excluding hydrogens is 347 g/mol. The van der Waals surface area contributed by atoms with Crippen LogP contribution in [0.5, 0.6) is 0 Å². The highest BCUT2D eigenvalue weighted by Crippen LogP contribution is 2.24. The maximum Gasteiger partial charge on any atom is 0.257 e. The molecule has 1 aromatic heterocycles. The van der Waals surface area contributed by atoms with Gasteiger partial charge in [0.1, 0.15) is 0 Å². The lowest BCUT2D eigenvalue weighted by molar-refractivity contribution is 0.0573. The van der Waals surface area contributed by atoms with Crippen LogP contribution in [0.25, 0.3) is 5.69 Å². The highest BCUT2D eigenvalue weighted by atomic mass is 35.5. The molecule has 3 rings (SSSR count). The molecule has 2 atom stereocenters. The Hall–Kier alpha value is -1.56. The van der Waals surface area contributed by atoms with Crippen molar-refractivity contribution in [1.82, 2.24) is 14.7 Å². The molecule has 1 fully saturated rings. The van der Waals surface area contributed by atoms with Crippen LogP contribution in [0.3, 0.4) is 0 Å². The van der Waals surface area contributed by atoms with E-state index in [2.05, 4.69) is 12.0 Å². The number of halogens is 2. The summed E-state index contributed by atoms with van der Waals surface area (Å²) >= 11 is 6.01. The fraction of sp³-hybridized carbons (Fsp3) is 0.412. The number of aromatic nitrogens is 2. The van der Waals surface area contributed by atoms with Gasteiger partial charge in [0.2, 0.25) is 0 Å². The average molecular weight is 369 g/mol. The van der Waals surface area contributed by atoms with Gasteiger partial charge in [-0.1, -0.05) is 24.6 Å². The number of amides is 1. The number of benzene rings is 1. The van der Waals surface area contributed by atoms with E-state index in [1.807, 2.05) is 23.1 Å². The standard InChI is InChI=1S/C17H21ClN4O.ClH/c1-12-5-6-21(16(7-12)9-19)17(23)13-10-20-22(11-13)15-4-2-3-14(18)8-15;/h2-4,8,10-12,16H,5-7,9,19H2,1H3;1H. The fourth-order valence-electron chi connectivity index (χ4n) is 3.10. The third-order valence-electron chi connectivity index (χ3n) is 4.41. The lowest BCUT2D eigenvalue weighted by Crippen LogP contribution is -2.49. The molecule has 2 aromatic rings. The minimum atomic E-state index is 0. The molecule has 0 aliphatic carbocycles. The van der Waals surface area contributed by atoms with Crippen LogP contribution in [0.1, 0.15) is 30.1 Å². The second kappa shape index (κ2) is 8.01. The Bertz CT molecular complexity index is 703. The molecule has 1 aromatic carbocycles. The van der Waals surface area contributed by atoms with Crippen LogP contribution in [0.4, 0.5) is 0 Å². The lowest BCUT2D eigenvalue weighted by Gasteiger charge is -2.37. The van der Waals surface area contributed by atoms with Gasteiger partial charge in [0, 0.05) is 30.4 Å². The smallest absolute Gasteiger partial charge is 0.257 e.